The summed E-state index contributed by atoms with van der Waals surface area (Å²) < 4.78 is 1.95. The SMILES string of the molecule is CC(C)(C)CC(=O)N1CCn2cnc(C=O)c2C1. The summed E-state index contributed by atoms with van der Waals surface area (Å²) in [6.45, 7) is 8.05. The number of aldehydes is 1. The molecule has 2 rings (SSSR count). The van der Waals surface area contributed by atoms with Gasteiger partial charge in [0.1, 0.15) is 5.69 Å². The van der Waals surface area contributed by atoms with Crippen LogP contribution in [0.15, 0.2) is 6.33 Å². The lowest BCUT2D eigenvalue weighted by Gasteiger charge is -2.30. The van der Waals surface area contributed by atoms with E-state index in [1.807, 2.05) is 9.47 Å². The van der Waals surface area contributed by atoms with Crippen LogP contribution in [0.4, 0.5) is 0 Å². The molecule has 0 aromatic carbocycles. The summed E-state index contributed by atoms with van der Waals surface area (Å²) in [7, 11) is 0. The zero-order valence-corrected chi connectivity index (χ0v) is 11.1. The van der Waals surface area contributed by atoms with Gasteiger partial charge < -0.3 is 9.47 Å². The Morgan fingerprint density at radius 2 is 2.17 bits per heavy atom. The van der Waals surface area contributed by atoms with Crippen molar-refractivity contribution in [2.24, 2.45) is 5.41 Å². The van der Waals surface area contributed by atoms with Crippen LogP contribution in [-0.2, 0) is 17.9 Å². The Morgan fingerprint density at radius 3 is 2.78 bits per heavy atom. The highest BCUT2D eigenvalue weighted by Gasteiger charge is 2.26. The number of hydrogen-bond acceptors (Lipinski definition) is 3. The minimum Gasteiger partial charge on any atom is -0.335 e. The van der Waals surface area contributed by atoms with E-state index in [0.717, 1.165) is 12.0 Å². The van der Waals surface area contributed by atoms with E-state index in [1.54, 1.807) is 6.33 Å². The van der Waals surface area contributed by atoms with Gasteiger partial charge in [0.05, 0.1) is 18.6 Å². The van der Waals surface area contributed by atoms with Crippen LogP contribution >= 0.6 is 0 Å². The average Bonchev–Trinajstić information content (AvgIpc) is 2.68. The maximum absolute atomic E-state index is 12.2. The van der Waals surface area contributed by atoms with Crippen molar-refractivity contribution in [1.82, 2.24) is 14.5 Å². The van der Waals surface area contributed by atoms with E-state index in [2.05, 4.69) is 25.8 Å². The van der Waals surface area contributed by atoms with Crippen LogP contribution in [0.2, 0.25) is 0 Å². The van der Waals surface area contributed by atoms with E-state index in [-0.39, 0.29) is 11.3 Å². The van der Waals surface area contributed by atoms with Gasteiger partial charge in [-0.2, -0.15) is 0 Å². The van der Waals surface area contributed by atoms with Gasteiger partial charge in [-0.3, -0.25) is 9.59 Å². The molecule has 0 saturated carbocycles. The predicted molar refractivity (Wildman–Crippen MR) is 67.1 cm³/mol. The molecule has 0 N–H and O–H groups in total. The van der Waals surface area contributed by atoms with Crippen LogP contribution < -0.4 is 0 Å². The summed E-state index contributed by atoms with van der Waals surface area (Å²) in [4.78, 5) is 28.9. The summed E-state index contributed by atoms with van der Waals surface area (Å²) >= 11 is 0. The minimum atomic E-state index is -0.0116. The zero-order chi connectivity index (χ0) is 13.3. The van der Waals surface area contributed by atoms with Crippen molar-refractivity contribution >= 4 is 12.2 Å². The lowest BCUT2D eigenvalue weighted by molar-refractivity contribution is -0.134. The topological polar surface area (TPSA) is 55.2 Å². The molecule has 0 radical (unpaired) electrons. The number of fused-ring (bicyclic) bond motifs is 1. The van der Waals surface area contributed by atoms with Gasteiger partial charge in [0, 0.05) is 19.5 Å². The molecular weight excluding hydrogens is 230 g/mol. The molecule has 0 aliphatic carbocycles. The van der Waals surface area contributed by atoms with Crippen LogP contribution in [-0.4, -0.2) is 33.2 Å². The van der Waals surface area contributed by atoms with Gasteiger partial charge in [0.25, 0.3) is 0 Å². The van der Waals surface area contributed by atoms with Crippen molar-refractivity contribution in [3.63, 3.8) is 0 Å². The molecule has 1 amide bonds. The molecule has 0 unspecified atom stereocenters. The first-order valence-corrected chi connectivity index (χ1v) is 6.18. The fraction of sp³-hybridized carbons (Fsp3) is 0.615. The molecule has 1 aromatic rings. The van der Waals surface area contributed by atoms with Crippen LogP contribution in [0.25, 0.3) is 0 Å². The normalized spacial score (nSPS) is 15.4. The van der Waals surface area contributed by atoms with Crippen LogP contribution in [0.3, 0.4) is 0 Å². The van der Waals surface area contributed by atoms with Gasteiger partial charge >= 0.3 is 0 Å². The first-order valence-electron chi connectivity index (χ1n) is 6.18. The van der Waals surface area contributed by atoms with Crippen LogP contribution in [0.5, 0.6) is 0 Å². The van der Waals surface area contributed by atoms with E-state index in [9.17, 15) is 9.59 Å². The quantitative estimate of drug-likeness (QED) is 0.746. The molecule has 1 aliphatic heterocycles. The molecule has 98 valence electrons. The van der Waals surface area contributed by atoms with Crippen LogP contribution in [0, 0.1) is 5.41 Å². The Morgan fingerprint density at radius 1 is 1.44 bits per heavy atom. The second-order valence-corrected chi connectivity index (χ2v) is 5.94. The van der Waals surface area contributed by atoms with E-state index in [0.29, 0.717) is 31.7 Å². The highest BCUT2D eigenvalue weighted by atomic mass is 16.2. The number of imidazole rings is 1. The zero-order valence-electron chi connectivity index (χ0n) is 11.1. The molecule has 0 bridgehead atoms. The van der Waals surface area contributed by atoms with Gasteiger partial charge in [0.15, 0.2) is 6.29 Å². The van der Waals surface area contributed by atoms with Crippen molar-refractivity contribution < 1.29 is 9.59 Å². The maximum Gasteiger partial charge on any atom is 0.223 e. The number of rotatable bonds is 2. The molecule has 2 heterocycles. The Balaban J connectivity index is 2.11. The molecule has 0 atom stereocenters. The molecule has 0 spiro atoms. The first-order chi connectivity index (χ1) is 8.40. The molecule has 0 saturated heterocycles. The number of carbonyl (C=O) groups is 2. The summed E-state index contributed by atoms with van der Waals surface area (Å²) in [5.74, 6) is 0.145. The third-order valence-corrected chi connectivity index (χ3v) is 3.08. The number of amides is 1. The molecular formula is C13H19N3O2. The lowest BCUT2D eigenvalue weighted by atomic mass is 9.91. The molecule has 5 heteroatoms. The highest BCUT2D eigenvalue weighted by Crippen LogP contribution is 2.22. The molecule has 1 aliphatic rings. The van der Waals surface area contributed by atoms with Gasteiger partial charge in [-0.1, -0.05) is 20.8 Å². The van der Waals surface area contributed by atoms with Crippen molar-refractivity contribution in [3.8, 4) is 0 Å². The van der Waals surface area contributed by atoms with Gasteiger partial charge in [-0.05, 0) is 5.41 Å². The summed E-state index contributed by atoms with van der Waals surface area (Å²) in [6.07, 6.45) is 2.95. The fourth-order valence-corrected chi connectivity index (χ4v) is 2.15. The van der Waals surface area contributed by atoms with Crippen molar-refractivity contribution in [2.45, 2.75) is 40.3 Å². The summed E-state index contributed by atoms with van der Waals surface area (Å²) in [5.41, 5.74) is 1.28. The second-order valence-electron chi connectivity index (χ2n) is 5.94. The number of aromatic nitrogens is 2. The molecule has 5 nitrogen and oxygen atoms in total. The summed E-state index contributed by atoms with van der Waals surface area (Å²) in [6, 6.07) is 0. The predicted octanol–water partition coefficient (Wildman–Crippen LogP) is 1.47. The van der Waals surface area contributed by atoms with Gasteiger partial charge in [0.2, 0.25) is 5.91 Å². The van der Waals surface area contributed by atoms with Crippen molar-refractivity contribution in [2.75, 3.05) is 6.54 Å². The molecule has 1 aromatic heterocycles. The fourth-order valence-electron chi connectivity index (χ4n) is 2.15. The number of carbonyl (C=O) groups excluding carboxylic acids is 2. The molecule has 18 heavy (non-hydrogen) atoms. The number of nitrogens with zero attached hydrogens (tertiary/aromatic N) is 3. The third-order valence-electron chi connectivity index (χ3n) is 3.08. The van der Waals surface area contributed by atoms with E-state index in [1.165, 1.54) is 0 Å². The number of hydrogen-bond donors (Lipinski definition) is 0. The Kier molecular flexibility index (Phi) is 3.24. The smallest absolute Gasteiger partial charge is 0.223 e. The Hall–Kier alpha value is -1.65. The third kappa shape index (κ3) is 2.60. The van der Waals surface area contributed by atoms with E-state index >= 15 is 0 Å². The lowest BCUT2D eigenvalue weighted by Crippen LogP contribution is -2.39. The van der Waals surface area contributed by atoms with Gasteiger partial charge in [-0.25, -0.2) is 4.98 Å². The monoisotopic (exact) mass is 249 g/mol. The largest absolute Gasteiger partial charge is 0.335 e. The standard InChI is InChI=1S/C13H19N3O2/c1-13(2,3)6-12(18)15-4-5-16-9-14-10(8-17)11(16)7-15/h8-9H,4-7H2,1-3H3. The second kappa shape index (κ2) is 4.55. The van der Waals surface area contributed by atoms with Crippen molar-refractivity contribution in [3.05, 3.63) is 17.7 Å². The Bertz CT molecular complexity index is 471. The van der Waals surface area contributed by atoms with Gasteiger partial charge in [-0.15, -0.1) is 0 Å². The van der Waals surface area contributed by atoms with Crippen molar-refractivity contribution in [1.29, 1.82) is 0 Å². The first kappa shape index (κ1) is 12.8. The van der Waals surface area contributed by atoms with E-state index in [4.69, 9.17) is 0 Å². The Labute approximate surface area is 107 Å². The summed E-state index contributed by atoms with van der Waals surface area (Å²) in [5, 5.41) is 0. The highest BCUT2D eigenvalue weighted by molar-refractivity contribution is 5.78. The van der Waals surface area contributed by atoms with Crippen LogP contribution in [0.1, 0.15) is 43.4 Å². The van der Waals surface area contributed by atoms with E-state index < -0.39 is 0 Å². The minimum absolute atomic E-state index is 0.0116. The maximum atomic E-state index is 12.2. The molecule has 0 fully saturated rings. The average molecular weight is 249 g/mol.